The van der Waals surface area contributed by atoms with Crippen molar-refractivity contribution >= 4 is 24.5 Å². The molecule has 0 radical (unpaired) electrons. The molecule has 0 saturated carbocycles. The first-order chi connectivity index (χ1) is 15.6. The van der Waals surface area contributed by atoms with Gasteiger partial charge in [-0.1, -0.05) is 78.9 Å². The highest BCUT2D eigenvalue weighted by Crippen LogP contribution is 2.44. The number of rotatable bonds is 8. The van der Waals surface area contributed by atoms with E-state index in [4.69, 9.17) is 15.2 Å². The zero-order valence-electron chi connectivity index (χ0n) is 18.1. The molecule has 0 heterocycles. The number of ether oxygens (including phenoxy) is 2. The number of amides is 1. The van der Waals surface area contributed by atoms with Gasteiger partial charge in [0.25, 0.3) is 0 Å². The average Bonchev–Trinajstić information content (AvgIpc) is 3.15. The molecule has 1 aliphatic carbocycles. The zero-order chi connectivity index (χ0) is 22.3. The van der Waals surface area contributed by atoms with Crippen molar-refractivity contribution in [3.05, 3.63) is 95.6 Å². The lowest BCUT2D eigenvalue weighted by Crippen LogP contribution is -2.37. The van der Waals surface area contributed by atoms with Crippen molar-refractivity contribution in [1.82, 2.24) is 5.32 Å². The SMILES string of the molecule is Cl.N[C@H](CCNC(=O)OCC1c2ccccc2-c2ccccc21)C(=O)OCc1ccccc1. The number of esters is 1. The lowest BCUT2D eigenvalue weighted by atomic mass is 9.98. The van der Waals surface area contributed by atoms with E-state index in [9.17, 15) is 9.59 Å². The van der Waals surface area contributed by atoms with Gasteiger partial charge in [-0.15, -0.1) is 12.4 Å². The monoisotopic (exact) mass is 466 g/mol. The fourth-order valence-corrected chi connectivity index (χ4v) is 3.93. The van der Waals surface area contributed by atoms with E-state index in [0.717, 1.165) is 16.7 Å². The maximum absolute atomic E-state index is 12.2. The van der Waals surface area contributed by atoms with Crippen LogP contribution in [0.3, 0.4) is 0 Å². The Morgan fingerprint density at radius 1 is 0.848 bits per heavy atom. The highest BCUT2D eigenvalue weighted by Gasteiger charge is 2.29. The molecular weight excluding hydrogens is 440 g/mol. The van der Waals surface area contributed by atoms with Crippen LogP contribution in [-0.2, 0) is 20.9 Å². The third kappa shape index (κ3) is 5.92. The second-order valence-corrected chi connectivity index (χ2v) is 7.74. The molecule has 1 amide bonds. The summed E-state index contributed by atoms with van der Waals surface area (Å²) >= 11 is 0. The fourth-order valence-electron chi connectivity index (χ4n) is 3.93. The molecule has 4 rings (SSSR count). The van der Waals surface area contributed by atoms with Crippen molar-refractivity contribution in [2.75, 3.05) is 13.2 Å². The number of alkyl carbamates (subject to hydrolysis) is 1. The first-order valence-corrected chi connectivity index (χ1v) is 10.7. The summed E-state index contributed by atoms with van der Waals surface area (Å²) in [6.45, 7) is 0.635. The predicted octanol–water partition coefficient (Wildman–Crippen LogP) is 4.41. The lowest BCUT2D eigenvalue weighted by Gasteiger charge is -2.15. The maximum Gasteiger partial charge on any atom is 0.407 e. The number of benzene rings is 3. The molecule has 1 aliphatic rings. The number of fused-ring (bicyclic) bond motifs is 3. The molecule has 172 valence electrons. The molecule has 0 fully saturated rings. The quantitative estimate of drug-likeness (QED) is 0.480. The number of carbonyl (C=O) groups is 2. The number of nitrogens with two attached hydrogens (primary N) is 1. The van der Waals surface area contributed by atoms with Crippen LogP contribution in [0.4, 0.5) is 4.79 Å². The molecule has 0 bridgehead atoms. The van der Waals surface area contributed by atoms with Crippen LogP contribution in [0.5, 0.6) is 0 Å². The summed E-state index contributed by atoms with van der Waals surface area (Å²) in [5, 5.41) is 2.67. The Kier molecular flexibility index (Phi) is 8.46. The van der Waals surface area contributed by atoms with Crippen molar-refractivity contribution in [1.29, 1.82) is 0 Å². The molecular formula is C26H27ClN2O4. The molecule has 0 saturated heterocycles. The van der Waals surface area contributed by atoms with Crippen molar-refractivity contribution < 1.29 is 19.1 Å². The van der Waals surface area contributed by atoms with Gasteiger partial charge >= 0.3 is 12.1 Å². The molecule has 1 atom stereocenters. The van der Waals surface area contributed by atoms with E-state index in [1.165, 1.54) is 11.1 Å². The number of carbonyl (C=O) groups excluding carboxylic acids is 2. The second-order valence-electron chi connectivity index (χ2n) is 7.74. The van der Waals surface area contributed by atoms with Gasteiger partial charge in [0, 0.05) is 12.5 Å². The summed E-state index contributed by atoms with van der Waals surface area (Å²) in [4.78, 5) is 24.2. The number of halogens is 1. The topological polar surface area (TPSA) is 90.6 Å². The Bertz CT molecular complexity index is 1040. The van der Waals surface area contributed by atoms with Gasteiger partial charge in [-0.25, -0.2) is 4.79 Å². The van der Waals surface area contributed by atoms with E-state index < -0.39 is 18.1 Å². The minimum atomic E-state index is -0.812. The first kappa shape index (κ1) is 24.3. The van der Waals surface area contributed by atoms with Crippen LogP contribution in [0.15, 0.2) is 78.9 Å². The highest BCUT2D eigenvalue weighted by atomic mass is 35.5. The molecule has 0 aromatic heterocycles. The smallest absolute Gasteiger partial charge is 0.407 e. The number of nitrogens with one attached hydrogen (secondary N) is 1. The zero-order valence-corrected chi connectivity index (χ0v) is 18.9. The molecule has 0 spiro atoms. The lowest BCUT2D eigenvalue weighted by molar-refractivity contribution is -0.146. The first-order valence-electron chi connectivity index (χ1n) is 10.7. The maximum atomic E-state index is 12.2. The summed E-state index contributed by atoms with van der Waals surface area (Å²) in [6, 6.07) is 24.9. The third-order valence-corrected chi connectivity index (χ3v) is 5.60. The Balaban J connectivity index is 0.00000306. The van der Waals surface area contributed by atoms with Crippen LogP contribution >= 0.6 is 12.4 Å². The van der Waals surface area contributed by atoms with Gasteiger partial charge in [0.2, 0.25) is 0 Å². The van der Waals surface area contributed by atoms with Crippen LogP contribution in [0.1, 0.15) is 29.0 Å². The summed E-state index contributed by atoms with van der Waals surface area (Å²) in [6.07, 6.45) is -0.269. The Hall–Kier alpha value is -3.35. The average molecular weight is 467 g/mol. The molecule has 33 heavy (non-hydrogen) atoms. The molecule has 0 unspecified atom stereocenters. The van der Waals surface area contributed by atoms with Crippen LogP contribution in [-0.4, -0.2) is 31.3 Å². The Morgan fingerprint density at radius 2 is 1.42 bits per heavy atom. The second kappa shape index (κ2) is 11.5. The van der Waals surface area contributed by atoms with Gasteiger partial charge in [-0.05, 0) is 34.2 Å². The van der Waals surface area contributed by atoms with Crippen molar-refractivity contribution in [3.63, 3.8) is 0 Å². The van der Waals surface area contributed by atoms with Gasteiger partial charge in [-0.3, -0.25) is 4.79 Å². The predicted molar refractivity (Wildman–Crippen MR) is 129 cm³/mol. The molecule has 3 aromatic rings. The van der Waals surface area contributed by atoms with Gasteiger partial charge in [0.15, 0.2) is 0 Å². The molecule has 0 aliphatic heterocycles. The molecule has 7 heteroatoms. The standard InChI is InChI=1S/C26H26N2O4.ClH/c27-24(25(29)31-16-18-8-2-1-3-9-18)14-15-28-26(30)32-17-23-21-12-6-4-10-19(21)20-11-5-7-13-22(20)23;/h1-13,23-24H,14-17,27H2,(H,28,30);1H/t24-;/m1./s1. The number of hydrogen-bond acceptors (Lipinski definition) is 5. The Morgan fingerprint density at radius 3 is 2.06 bits per heavy atom. The van der Waals surface area contributed by atoms with Crippen LogP contribution in [0.2, 0.25) is 0 Å². The van der Waals surface area contributed by atoms with E-state index in [-0.39, 0.29) is 44.5 Å². The number of hydrogen-bond donors (Lipinski definition) is 2. The van der Waals surface area contributed by atoms with E-state index >= 15 is 0 Å². The fraction of sp³-hybridized carbons (Fsp3) is 0.231. The molecule has 3 aromatic carbocycles. The Labute approximate surface area is 199 Å². The summed E-state index contributed by atoms with van der Waals surface area (Å²) in [7, 11) is 0. The van der Waals surface area contributed by atoms with Gasteiger partial charge in [0.05, 0.1) is 0 Å². The van der Waals surface area contributed by atoms with E-state index in [2.05, 4.69) is 29.6 Å². The van der Waals surface area contributed by atoms with Crippen LogP contribution in [0.25, 0.3) is 11.1 Å². The minimum absolute atomic E-state index is 0. The van der Waals surface area contributed by atoms with Crippen molar-refractivity contribution in [2.45, 2.75) is 25.0 Å². The molecule has 6 nitrogen and oxygen atoms in total. The van der Waals surface area contributed by atoms with E-state index in [1.54, 1.807) is 0 Å². The van der Waals surface area contributed by atoms with E-state index in [0.29, 0.717) is 0 Å². The highest BCUT2D eigenvalue weighted by molar-refractivity contribution is 5.85. The van der Waals surface area contributed by atoms with Gasteiger partial charge < -0.3 is 20.5 Å². The summed E-state index contributed by atoms with van der Waals surface area (Å²) in [5.41, 5.74) is 11.4. The third-order valence-electron chi connectivity index (χ3n) is 5.60. The van der Waals surface area contributed by atoms with Crippen LogP contribution < -0.4 is 11.1 Å². The summed E-state index contributed by atoms with van der Waals surface area (Å²) < 4.78 is 10.7. The molecule has 3 N–H and O–H groups in total. The normalized spacial score (nSPS) is 12.6. The van der Waals surface area contributed by atoms with Gasteiger partial charge in [0.1, 0.15) is 19.3 Å². The van der Waals surface area contributed by atoms with Crippen LogP contribution in [0, 0.1) is 0 Å². The van der Waals surface area contributed by atoms with Crippen molar-refractivity contribution in [2.24, 2.45) is 5.73 Å². The van der Waals surface area contributed by atoms with Gasteiger partial charge in [-0.2, -0.15) is 0 Å². The van der Waals surface area contributed by atoms with Crippen molar-refractivity contribution in [3.8, 4) is 11.1 Å². The largest absolute Gasteiger partial charge is 0.460 e. The minimum Gasteiger partial charge on any atom is -0.460 e. The summed E-state index contributed by atoms with van der Waals surface area (Å²) in [5.74, 6) is -0.494. The van der Waals surface area contributed by atoms with E-state index in [1.807, 2.05) is 54.6 Å².